The van der Waals surface area contributed by atoms with Crippen LogP contribution in [0.5, 0.6) is 5.75 Å². The van der Waals surface area contributed by atoms with Crippen LogP contribution in [-0.2, 0) is 0 Å². The van der Waals surface area contributed by atoms with Crippen LogP contribution in [0, 0.1) is 5.82 Å². The topological polar surface area (TPSA) is 12.5 Å². The monoisotopic (exact) mass is 241 g/mol. The van der Waals surface area contributed by atoms with E-state index in [9.17, 15) is 8.78 Å². The van der Waals surface area contributed by atoms with Gasteiger partial charge < -0.3 is 9.64 Å². The lowest BCUT2D eigenvalue weighted by Crippen LogP contribution is -2.38. The minimum Gasteiger partial charge on any atom is -0.494 e. The summed E-state index contributed by atoms with van der Waals surface area (Å²) >= 11 is 0. The third-order valence-electron chi connectivity index (χ3n) is 3.35. The van der Waals surface area contributed by atoms with Gasteiger partial charge in [-0.3, -0.25) is 0 Å². The van der Waals surface area contributed by atoms with Gasteiger partial charge >= 0.3 is 0 Å². The van der Waals surface area contributed by atoms with Crippen molar-refractivity contribution in [2.24, 2.45) is 0 Å². The summed E-state index contributed by atoms with van der Waals surface area (Å²) in [5.41, 5.74) is 0.726. The number of hydrogen-bond donors (Lipinski definition) is 0. The summed E-state index contributed by atoms with van der Waals surface area (Å²) in [6, 6.07) is 4.71. The van der Waals surface area contributed by atoms with Crippen LogP contribution in [0.2, 0.25) is 0 Å². The number of halogens is 2. The Morgan fingerprint density at radius 1 is 1.41 bits per heavy atom. The molecule has 0 unspecified atom stereocenters. The Kier molecular flexibility index (Phi) is 3.62. The van der Waals surface area contributed by atoms with Gasteiger partial charge in [-0.2, -0.15) is 0 Å². The van der Waals surface area contributed by atoms with E-state index < -0.39 is 12.0 Å². The molecule has 1 saturated heterocycles. The number of hydrogen-bond acceptors (Lipinski definition) is 2. The largest absolute Gasteiger partial charge is 0.494 e. The van der Waals surface area contributed by atoms with Gasteiger partial charge in [0, 0.05) is 12.5 Å². The highest BCUT2D eigenvalue weighted by Gasteiger charge is 2.29. The van der Waals surface area contributed by atoms with E-state index in [-0.39, 0.29) is 11.7 Å². The van der Waals surface area contributed by atoms with Crippen LogP contribution in [0.4, 0.5) is 8.78 Å². The van der Waals surface area contributed by atoms with Crippen LogP contribution in [0.3, 0.4) is 0 Å². The number of benzene rings is 1. The first kappa shape index (κ1) is 12.3. The van der Waals surface area contributed by atoms with E-state index in [1.807, 2.05) is 11.9 Å². The fourth-order valence-electron chi connectivity index (χ4n) is 2.35. The Hall–Kier alpha value is -1.16. The van der Waals surface area contributed by atoms with Gasteiger partial charge in [0.1, 0.15) is 6.17 Å². The Morgan fingerprint density at radius 3 is 2.76 bits per heavy atom. The normalized spacial score (nSPS) is 25.9. The minimum atomic E-state index is -0.929. The van der Waals surface area contributed by atoms with E-state index in [4.69, 9.17) is 4.74 Å². The molecule has 0 N–H and O–H groups in total. The van der Waals surface area contributed by atoms with E-state index in [2.05, 4.69) is 0 Å². The summed E-state index contributed by atoms with van der Waals surface area (Å²) in [7, 11) is 3.32. The molecule has 0 bridgehead atoms. The molecule has 17 heavy (non-hydrogen) atoms. The predicted octanol–water partition coefficient (Wildman–Crippen LogP) is 2.59. The van der Waals surface area contributed by atoms with Crippen molar-refractivity contribution in [3.63, 3.8) is 0 Å². The van der Waals surface area contributed by atoms with Crippen LogP contribution in [0.25, 0.3) is 0 Å². The average molecular weight is 241 g/mol. The van der Waals surface area contributed by atoms with E-state index in [0.717, 1.165) is 18.5 Å². The molecule has 1 heterocycles. The second kappa shape index (κ2) is 5.00. The molecule has 0 radical (unpaired) electrons. The third-order valence-corrected chi connectivity index (χ3v) is 3.35. The second-order valence-corrected chi connectivity index (χ2v) is 4.57. The number of piperidine rings is 1. The predicted molar refractivity (Wildman–Crippen MR) is 62.7 cm³/mol. The van der Waals surface area contributed by atoms with Crippen molar-refractivity contribution < 1.29 is 13.5 Å². The highest BCUT2D eigenvalue weighted by Crippen LogP contribution is 2.32. The van der Waals surface area contributed by atoms with Gasteiger partial charge in [-0.15, -0.1) is 0 Å². The highest BCUT2D eigenvalue weighted by molar-refractivity contribution is 5.32. The fraction of sp³-hybridized carbons (Fsp3) is 0.538. The van der Waals surface area contributed by atoms with Crippen molar-refractivity contribution in [2.45, 2.75) is 18.5 Å². The molecule has 2 rings (SSSR count). The molecule has 0 amide bonds. The van der Waals surface area contributed by atoms with Gasteiger partial charge in [-0.05, 0) is 37.7 Å². The lowest BCUT2D eigenvalue weighted by molar-refractivity contribution is 0.139. The molecule has 2 atom stereocenters. The molecule has 1 aromatic carbocycles. The van der Waals surface area contributed by atoms with E-state index in [1.54, 1.807) is 12.1 Å². The molecule has 4 heteroatoms. The molecule has 94 valence electrons. The SMILES string of the molecule is COc1ccc([C@@H]2CCN(C)C[C@H]2F)cc1F. The zero-order valence-corrected chi connectivity index (χ0v) is 10.1. The maximum Gasteiger partial charge on any atom is 0.165 e. The summed E-state index contributed by atoms with van der Waals surface area (Å²) in [5.74, 6) is -0.417. The van der Waals surface area contributed by atoms with Crippen molar-refractivity contribution in [2.75, 3.05) is 27.2 Å². The first-order valence-electron chi connectivity index (χ1n) is 5.78. The van der Waals surface area contributed by atoms with Gasteiger partial charge in [0.25, 0.3) is 0 Å². The number of alkyl halides is 1. The van der Waals surface area contributed by atoms with Crippen LogP contribution >= 0.6 is 0 Å². The number of methoxy groups -OCH3 is 1. The number of rotatable bonds is 2. The number of ether oxygens (including phenoxy) is 1. The maximum absolute atomic E-state index is 13.9. The Labute approximate surface area is 100 Å². The number of likely N-dealkylation sites (tertiary alicyclic amines) is 1. The Balaban J connectivity index is 2.19. The first-order chi connectivity index (χ1) is 8.11. The molecule has 0 aromatic heterocycles. The quantitative estimate of drug-likeness (QED) is 0.789. The average Bonchev–Trinajstić information content (AvgIpc) is 2.29. The van der Waals surface area contributed by atoms with Crippen LogP contribution in [0.1, 0.15) is 17.9 Å². The summed E-state index contributed by atoms with van der Waals surface area (Å²) in [6.45, 7) is 1.26. The summed E-state index contributed by atoms with van der Waals surface area (Å²) < 4.78 is 32.3. The molecular formula is C13H17F2NO. The smallest absolute Gasteiger partial charge is 0.165 e. The second-order valence-electron chi connectivity index (χ2n) is 4.57. The molecule has 1 aliphatic rings. The van der Waals surface area contributed by atoms with Crippen molar-refractivity contribution in [3.8, 4) is 5.75 Å². The zero-order valence-electron chi connectivity index (χ0n) is 10.1. The van der Waals surface area contributed by atoms with Gasteiger partial charge in [-0.1, -0.05) is 6.07 Å². The molecule has 0 spiro atoms. The van der Waals surface area contributed by atoms with E-state index >= 15 is 0 Å². The molecule has 0 aliphatic carbocycles. The first-order valence-corrected chi connectivity index (χ1v) is 5.78. The highest BCUT2D eigenvalue weighted by atomic mass is 19.1. The lowest BCUT2D eigenvalue weighted by atomic mass is 9.88. The van der Waals surface area contributed by atoms with Crippen molar-refractivity contribution in [3.05, 3.63) is 29.6 Å². The summed E-state index contributed by atoms with van der Waals surface area (Å²) in [5, 5.41) is 0. The van der Waals surface area contributed by atoms with E-state index in [0.29, 0.717) is 6.54 Å². The molecule has 2 nitrogen and oxygen atoms in total. The fourth-order valence-corrected chi connectivity index (χ4v) is 2.35. The van der Waals surface area contributed by atoms with Crippen molar-refractivity contribution >= 4 is 0 Å². The van der Waals surface area contributed by atoms with E-state index in [1.165, 1.54) is 13.2 Å². The Bertz CT molecular complexity index is 397. The summed E-state index contributed by atoms with van der Waals surface area (Å²) in [6.07, 6.45) is -0.203. The summed E-state index contributed by atoms with van der Waals surface area (Å²) in [4.78, 5) is 1.96. The molecule has 1 fully saturated rings. The van der Waals surface area contributed by atoms with Gasteiger partial charge in [0.2, 0.25) is 0 Å². The zero-order chi connectivity index (χ0) is 12.4. The van der Waals surface area contributed by atoms with Crippen molar-refractivity contribution in [1.82, 2.24) is 4.90 Å². The lowest BCUT2D eigenvalue weighted by Gasteiger charge is -2.32. The third kappa shape index (κ3) is 2.57. The number of nitrogens with zero attached hydrogens (tertiary/aromatic N) is 1. The molecule has 1 aromatic rings. The van der Waals surface area contributed by atoms with Crippen LogP contribution in [0.15, 0.2) is 18.2 Å². The van der Waals surface area contributed by atoms with Gasteiger partial charge in [-0.25, -0.2) is 8.78 Å². The molecular weight excluding hydrogens is 224 g/mol. The molecule has 1 aliphatic heterocycles. The van der Waals surface area contributed by atoms with Crippen LogP contribution in [-0.4, -0.2) is 38.3 Å². The Morgan fingerprint density at radius 2 is 2.18 bits per heavy atom. The maximum atomic E-state index is 13.9. The molecule has 0 saturated carbocycles. The minimum absolute atomic E-state index is 0.202. The van der Waals surface area contributed by atoms with Crippen LogP contribution < -0.4 is 4.74 Å². The van der Waals surface area contributed by atoms with Gasteiger partial charge in [0.05, 0.1) is 7.11 Å². The standard InChI is InChI=1S/C13H17F2NO/c1-16-6-5-10(12(15)8-16)9-3-4-13(17-2)11(14)7-9/h3-4,7,10,12H,5-6,8H2,1-2H3/t10-,12+/m0/s1. The van der Waals surface area contributed by atoms with Gasteiger partial charge in [0.15, 0.2) is 11.6 Å². The van der Waals surface area contributed by atoms with Crippen molar-refractivity contribution in [1.29, 1.82) is 0 Å².